The molecular weight excluding hydrogens is 419 g/mol. The predicted octanol–water partition coefficient (Wildman–Crippen LogP) is 4.10. The van der Waals surface area contributed by atoms with Gasteiger partial charge in [0.15, 0.2) is 0 Å². The third-order valence-corrected chi connectivity index (χ3v) is 5.55. The zero-order valence-electron chi connectivity index (χ0n) is 17.1. The van der Waals surface area contributed by atoms with Crippen molar-refractivity contribution in [2.45, 2.75) is 13.0 Å². The van der Waals surface area contributed by atoms with E-state index < -0.39 is 5.82 Å². The summed E-state index contributed by atoms with van der Waals surface area (Å²) in [6.07, 6.45) is 5.33. The number of rotatable bonds is 3. The Bertz CT molecular complexity index is 1280. The number of morpholine rings is 1. The highest BCUT2D eigenvalue weighted by atomic mass is 35.5. The molecule has 4 heterocycles. The summed E-state index contributed by atoms with van der Waals surface area (Å²) < 4.78 is 22.5. The number of anilines is 1. The van der Waals surface area contributed by atoms with Crippen LogP contribution in [0.25, 0.3) is 22.3 Å². The van der Waals surface area contributed by atoms with Crippen molar-refractivity contribution in [1.82, 2.24) is 24.7 Å². The van der Waals surface area contributed by atoms with E-state index in [9.17, 15) is 4.39 Å². The van der Waals surface area contributed by atoms with Gasteiger partial charge in [0, 0.05) is 54.7 Å². The molecular formula is C22H20ClFN6O. The van der Waals surface area contributed by atoms with Crippen LogP contribution >= 0.6 is 11.6 Å². The first-order valence-electron chi connectivity index (χ1n) is 9.93. The summed E-state index contributed by atoms with van der Waals surface area (Å²) in [7, 11) is 1.88. The third kappa shape index (κ3) is 3.84. The van der Waals surface area contributed by atoms with Crippen molar-refractivity contribution in [2.75, 3.05) is 24.6 Å². The normalized spacial score (nSPS) is 16.8. The van der Waals surface area contributed by atoms with Gasteiger partial charge < -0.3 is 9.64 Å². The van der Waals surface area contributed by atoms with Gasteiger partial charge in [0.2, 0.25) is 0 Å². The molecule has 1 aliphatic heterocycles. The van der Waals surface area contributed by atoms with Gasteiger partial charge in [-0.05, 0) is 25.1 Å². The molecule has 158 valence electrons. The Kier molecular flexibility index (Phi) is 5.03. The molecule has 0 unspecified atom stereocenters. The molecule has 31 heavy (non-hydrogen) atoms. The Labute approximate surface area is 183 Å². The summed E-state index contributed by atoms with van der Waals surface area (Å²) in [6.45, 7) is 3.66. The maximum absolute atomic E-state index is 14.8. The van der Waals surface area contributed by atoms with Gasteiger partial charge in [-0.3, -0.25) is 9.67 Å². The number of fused-ring (bicyclic) bond motifs is 1. The first kappa shape index (κ1) is 19.8. The minimum absolute atomic E-state index is 0.125. The van der Waals surface area contributed by atoms with Crippen LogP contribution in [0.15, 0.2) is 42.9 Å². The molecule has 0 bridgehead atoms. The number of aryl methyl sites for hydroxylation is 2. The molecule has 1 fully saturated rings. The number of halogens is 2. The second-order valence-corrected chi connectivity index (χ2v) is 8.02. The van der Waals surface area contributed by atoms with Gasteiger partial charge in [0.25, 0.3) is 0 Å². The third-order valence-electron chi connectivity index (χ3n) is 5.31. The van der Waals surface area contributed by atoms with Crippen LogP contribution in [0.2, 0.25) is 5.02 Å². The Morgan fingerprint density at radius 3 is 2.84 bits per heavy atom. The molecule has 1 atom stereocenters. The smallest absolute Gasteiger partial charge is 0.134 e. The van der Waals surface area contributed by atoms with E-state index >= 15 is 0 Å². The Balaban J connectivity index is 1.60. The zero-order chi connectivity index (χ0) is 21.5. The fourth-order valence-electron chi connectivity index (χ4n) is 3.79. The molecule has 0 radical (unpaired) electrons. The SMILES string of the molecule is Cc1cnc2cc(N3CCO[C@@H](c4cnn(C)c4)C3)nc(-c3ccc(Cl)cc3F)c2n1. The molecule has 5 rings (SSSR count). The first-order chi connectivity index (χ1) is 15.0. The van der Waals surface area contributed by atoms with E-state index in [1.165, 1.54) is 6.07 Å². The van der Waals surface area contributed by atoms with Crippen LogP contribution in [0.1, 0.15) is 17.4 Å². The van der Waals surface area contributed by atoms with Gasteiger partial charge >= 0.3 is 0 Å². The lowest BCUT2D eigenvalue weighted by Gasteiger charge is -2.33. The van der Waals surface area contributed by atoms with E-state index in [4.69, 9.17) is 21.3 Å². The summed E-state index contributed by atoms with van der Waals surface area (Å²) in [5.41, 5.74) is 3.75. The van der Waals surface area contributed by atoms with Gasteiger partial charge in [0.1, 0.15) is 28.9 Å². The van der Waals surface area contributed by atoms with Crippen molar-refractivity contribution in [1.29, 1.82) is 0 Å². The van der Waals surface area contributed by atoms with Gasteiger partial charge in [-0.1, -0.05) is 11.6 Å². The Morgan fingerprint density at radius 1 is 1.19 bits per heavy atom. The van der Waals surface area contributed by atoms with Crippen LogP contribution in [-0.4, -0.2) is 44.4 Å². The molecule has 7 nitrogen and oxygen atoms in total. The van der Waals surface area contributed by atoms with Crippen molar-refractivity contribution in [3.63, 3.8) is 0 Å². The molecule has 1 aromatic carbocycles. The highest BCUT2D eigenvalue weighted by molar-refractivity contribution is 6.30. The quantitative estimate of drug-likeness (QED) is 0.479. The van der Waals surface area contributed by atoms with Crippen molar-refractivity contribution in [3.05, 3.63) is 65.0 Å². The van der Waals surface area contributed by atoms with Crippen LogP contribution in [0.5, 0.6) is 0 Å². The average Bonchev–Trinajstić information content (AvgIpc) is 3.20. The minimum atomic E-state index is -0.447. The van der Waals surface area contributed by atoms with E-state index in [1.807, 2.05) is 32.4 Å². The van der Waals surface area contributed by atoms with Gasteiger partial charge in [0.05, 0.1) is 24.0 Å². The highest BCUT2D eigenvalue weighted by Gasteiger charge is 2.25. The Morgan fingerprint density at radius 2 is 2.06 bits per heavy atom. The van der Waals surface area contributed by atoms with E-state index in [0.29, 0.717) is 52.8 Å². The standard InChI is InChI=1S/C22H20ClFN6O/c1-13-9-25-18-8-20(30-5-6-31-19(12-30)14-10-26-29(2)11-14)28-21(22(18)27-13)16-4-3-15(23)7-17(16)24/h3-4,7-11,19H,5-6,12H2,1-2H3/t19-/m1/s1. The molecule has 1 aliphatic rings. The monoisotopic (exact) mass is 438 g/mol. The summed E-state index contributed by atoms with van der Waals surface area (Å²) in [4.78, 5) is 16.1. The van der Waals surface area contributed by atoms with Crippen LogP contribution in [0, 0.1) is 12.7 Å². The van der Waals surface area contributed by atoms with Crippen molar-refractivity contribution in [3.8, 4) is 11.3 Å². The second kappa shape index (κ2) is 7.86. The number of hydrogen-bond acceptors (Lipinski definition) is 6. The highest BCUT2D eigenvalue weighted by Crippen LogP contribution is 2.33. The molecule has 9 heteroatoms. The number of ether oxygens (including phenoxy) is 1. The van der Waals surface area contributed by atoms with E-state index in [2.05, 4.69) is 20.0 Å². The van der Waals surface area contributed by atoms with Crippen LogP contribution in [0.4, 0.5) is 10.2 Å². The summed E-state index contributed by atoms with van der Waals surface area (Å²) in [5.74, 6) is 0.254. The topological polar surface area (TPSA) is 69.0 Å². The van der Waals surface area contributed by atoms with Gasteiger partial charge in [-0.15, -0.1) is 0 Å². The predicted molar refractivity (Wildman–Crippen MR) is 117 cm³/mol. The fraction of sp³-hybridized carbons (Fsp3) is 0.273. The van der Waals surface area contributed by atoms with Crippen LogP contribution in [0.3, 0.4) is 0 Å². The second-order valence-electron chi connectivity index (χ2n) is 7.59. The summed E-state index contributed by atoms with van der Waals surface area (Å²) in [5, 5.41) is 4.57. The summed E-state index contributed by atoms with van der Waals surface area (Å²) >= 11 is 5.96. The lowest BCUT2D eigenvalue weighted by molar-refractivity contribution is 0.0395. The van der Waals surface area contributed by atoms with E-state index in [0.717, 1.165) is 11.3 Å². The molecule has 0 amide bonds. The maximum Gasteiger partial charge on any atom is 0.134 e. The lowest BCUT2D eigenvalue weighted by atomic mass is 10.1. The van der Waals surface area contributed by atoms with Crippen molar-refractivity contribution >= 4 is 28.5 Å². The molecule has 0 saturated carbocycles. The van der Waals surface area contributed by atoms with Gasteiger partial charge in [-0.2, -0.15) is 5.10 Å². The molecule has 4 aromatic rings. The van der Waals surface area contributed by atoms with Crippen molar-refractivity contribution in [2.24, 2.45) is 7.05 Å². The molecule has 1 saturated heterocycles. The number of aromatic nitrogens is 5. The van der Waals surface area contributed by atoms with Crippen LogP contribution < -0.4 is 4.90 Å². The maximum atomic E-state index is 14.8. The van der Waals surface area contributed by atoms with Crippen molar-refractivity contribution < 1.29 is 9.13 Å². The first-order valence-corrected chi connectivity index (χ1v) is 10.3. The number of hydrogen-bond donors (Lipinski definition) is 0. The van der Waals surface area contributed by atoms with Gasteiger partial charge in [-0.25, -0.2) is 14.4 Å². The molecule has 3 aromatic heterocycles. The molecule has 0 N–H and O–H groups in total. The molecule has 0 aliphatic carbocycles. The number of benzene rings is 1. The minimum Gasteiger partial charge on any atom is -0.370 e. The molecule has 0 spiro atoms. The summed E-state index contributed by atoms with van der Waals surface area (Å²) in [6, 6.07) is 6.46. The average molecular weight is 439 g/mol. The number of nitrogens with zero attached hydrogens (tertiary/aromatic N) is 6. The van der Waals surface area contributed by atoms with E-state index in [1.54, 1.807) is 23.0 Å². The number of pyridine rings is 1. The Hall–Kier alpha value is -3.10. The largest absolute Gasteiger partial charge is 0.370 e. The van der Waals surface area contributed by atoms with E-state index in [-0.39, 0.29) is 6.10 Å². The lowest BCUT2D eigenvalue weighted by Crippen LogP contribution is -2.38. The zero-order valence-corrected chi connectivity index (χ0v) is 17.8. The van der Waals surface area contributed by atoms with Crippen LogP contribution in [-0.2, 0) is 11.8 Å². The fourth-order valence-corrected chi connectivity index (χ4v) is 3.94.